The molecule has 4 rings (SSSR count). The maximum absolute atomic E-state index is 12.3. The number of carbonyl (C=O) groups is 1. The van der Waals surface area contributed by atoms with Gasteiger partial charge in [0, 0.05) is 13.0 Å². The van der Waals surface area contributed by atoms with Gasteiger partial charge in [-0.25, -0.2) is 9.78 Å². The van der Waals surface area contributed by atoms with Gasteiger partial charge in [-0.1, -0.05) is 48.5 Å². The van der Waals surface area contributed by atoms with Gasteiger partial charge in [0.25, 0.3) is 0 Å². The van der Waals surface area contributed by atoms with E-state index in [2.05, 4.69) is 39.4 Å². The van der Waals surface area contributed by atoms with Crippen LogP contribution in [0.1, 0.15) is 22.9 Å². The van der Waals surface area contributed by atoms with E-state index < -0.39 is 0 Å². The van der Waals surface area contributed by atoms with E-state index in [1.54, 1.807) is 7.05 Å². The van der Waals surface area contributed by atoms with Crippen molar-refractivity contribution in [2.75, 3.05) is 13.7 Å². The van der Waals surface area contributed by atoms with Crippen LogP contribution in [-0.2, 0) is 11.3 Å². The Hall–Kier alpha value is -3.15. The Bertz CT molecular complexity index is 846. The third-order valence-electron chi connectivity index (χ3n) is 4.50. The number of carbonyl (C=O) groups excluding carboxylic acids is 1. The van der Waals surface area contributed by atoms with Crippen LogP contribution in [0.4, 0.5) is 4.79 Å². The van der Waals surface area contributed by atoms with Crippen molar-refractivity contribution >= 4 is 6.09 Å². The second-order valence-electron chi connectivity index (χ2n) is 6.09. The predicted molar refractivity (Wildman–Crippen MR) is 92.9 cm³/mol. The molecule has 0 unspecified atom stereocenters. The van der Waals surface area contributed by atoms with E-state index in [9.17, 15) is 4.79 Å². The first-order valence-corrected chi connectivity index (χ1v) is 8.14. The summed E-state index contributed by atoms with van der Waals surface area (Å²) in [6.07, 6.45) is 1.04. The van der Waals surface area contributed by atoms with E-state index in [1.165, 1.54) is 33.5 Å². The molecule has 0 saturated heterocycles. The summed E-state index contributed by atoms with van der Waals surface area (Å²) in [7, 11) is 1.68. The van der Waals surface area contributed by atoms with Crippen molar-refractivity contribution in [1.82, 2.24) is 20.1 Å². The Kier molecular flexibility index (Phi) is 3.93. The maximum Gasteiger partial charge on any atom is 0.409 e. The number of hydrogen-bond donors (Lipinski definition) is 1. The van der Waals surface area contributed by atoms with E-state index in [0.717, 1.165) is 0 Å². The first-order chi connectivity index (χ1) is 12.2. The van der Waals surface area contributed by atoms with Crippen molar-refractivity contribution in [2.45, 2.75) is 12.5 Å². The van der Waals surface area contributed by atoms with Crippen LogP contribution in [0.5, 0.6) is 0 Å². The first kappa shape index (κ1) is 15.4. The Morgan fingerprint density at radius 1 is 1.12 bits per heavy atom. The maximum atomic E-state index is 12.3. The number of nitrogens with one attached hydrogen (secondary N) is 1. The molecule has 0 bridgehead atoms. The van der Waals surface area contributed by atoms with E-state index in [0.29, 0.717) is 19.0 Å². The summed E-state index contributed by atoms with van der Waals surface area (Å²) < 4.78 is 5.58. The molecule has 1 N–H and O–H groups in total. The standard InChI is InChI=1S/C19H18N4O2/c1-23(10-18-20-12-21-22-18)19(24)25-11-17-15-8-4-2-6-13(15)14-7-3-5-9-16(14)17/h2-9,12,17H,10-11H2,1H3,(H,20,21,22). The Morgan fingerprint density at radius 2 is 1.76 bits per heavy atom. The van der Waals surface area contributed by atoms with Gasteiger partial charge in [0.1, 0.15) is 18.8 Å². The minimum atomic E-state index is -0.377. The first-order valence-electron chi connectivity index (χ1n) is 8.14. The monoisotopic (exact) mass is 334 g/mol. The number of H-pyrrole nitrogens is 1. The minimum Gasteiger partial charge on any atom is -0.448 e. The molecule has 3 aromatic rings. The summed E-state index contributed by atoms with van der Waals surface area (Å²) in [5.41, 5.74) is 4.84. The molecule has 0 aliphatic heterocycles. The van der Waals surface area contributed by atoms with Crippen molar-refractivity contribution in [3.05, 3.63) is 71.8 Å². The summed E-state index contributed by atoms with van der Waals surface area (Å²) in [6.45, 7) is 0.643. The molecule has 1 aromatic heterocycles. The van der Waals surface area contributed by atoms with Crippen LogP contribution in [0.2, 0.25) is 0 Å². The molecule has 2 aromatic carbocycles. The lowest BCUT2D eigenvalue weighted by molar-refractivity contribution is 0.105. The molecule has 1 aliphatic rings. The van der Waals surface area contributed by atoms with Crippen LogP contribution in [0, 0.1) is 0 Å². The van der Waals surface area contributed by atoms with Crippen LogP contribution in [0.25, 0.3) is 11.1 Å². The van der Waals surface area contributed by atoms with Gasteiger partial charge in [-0.05, 0) is 22.3 Å². The minimum absolute atomic E-state index is 0.0648. The van der Waals surface area contributed by atoms with Gasteiger partial charge in [0.05, 0.1) is 6.54 Å². The number of ether oxygens (including phenoxy) is 1. The zero-order chi connectivity index (χ0) is 17.2. The molecule has 126 valence electrons. The van der Waals surface area contributed by atoms with Gasteiger partial charge in [-0.15, -0.1) is 0 Å². The lowest BCUT2D eigenvalue weighted by Crippen LogP contribution is -2.28. The summed E-state index contributed by atoms with van der Waals surface area (Å²) in [5.74, 6) is 0.686. The van der Waals surface area contributed by atoms with E-state index in [4.69, 9.17) is 4.74 Å². The predicted octanol–water partition coefficient (Wildman–Crippen LogP) is 3.19. The van der Waals surface area contributed by atoms with Crippen molar-refractivity contribution in [3.8, 4) is 11.1 Å². The number of rotatable bonds is 4. The number of benzene rings is 2. The van der Waals surface area contributed by atoms with Crippen LogP contribution >= 0.6 is 0 Å². The van der Waals surface area contributed by atoms with Gasteiger partial charge < -0.3 is 9.64 Å². The highest BCUT2D eigenvalue weighted by Crippen LogP contribution is 2.44. The molecular weight excluding hydrogens is 316 g/mol. The number of aromatic nitrogens is 3. The van der Waals surface area contributed by atoms with Gasteiger partial charge in [0.15, 0.2) is 0 Å². The highest BCUT2D eigenvalue weighted by atomic mass is 16.6. The molecular formula is C19H18N4O2. The van der Waals surface area contributed by atoms with Crippen molar-refractivity contribution < 1.29 is 9.53 Å². The third kappa shape index (κ3) is 2.87. The molecule has 0 fully saturated rings. The third-order valence-corrected chi connectivity index (χ3v) is 4.50. The average molecular weight is 334 g/mol. The topological polar surface area (TPSA) is 71.1 Å². The highest BCUT2D eigenvalue weighted by Gasteiger charge is 2.29. The van der Waals surface area contributed by atoms with Crippen molar-refractivity contribution in [2.24, 2.45) is 0 Å². The molecule has 1 aliphatic carbocycles. The molecule has 0 spiro atoms. The Morgan fingerprint density at radius 3 is 2.36 bits per heavy atom. The van der Waals surface area contributed by atoms with Crippen molar-refractivity contribution in [1.29, 1.82) is 0 Å². The van der Waals surface area contributed by atoms with Crippen molar-refractivity contribution in [3.63, 3.8) is 0 Å². The largest absolute Gasteiger partial charge is 0.448 e. The number of nitrogens with zero attached hydrogens (tertiary/aromatic N) is 3. The van der Waals surface area contributed by atoms with Gasteiger partial charge in [-0.2, -0.15) is 5.10 Å². The molecule has 0 atom stereocenters. The smallest absolute Gasteiger partial charge is 0.409 e. The lowest BCUT2D eigenvalue weighted by atomic mass is 9.98. The van der Waals surface area contributed by atoms with Crippen LogP contribution < -0.4 is 0 Å². The summed E-state index contributed by atoms with van der Waals surface area (Å²) in [5, 5.41) is 6.51. The zero-order valence-electron chi connectivity index (χ0n) is 13.8. The number of aromatic amines is 1. The second-order valence-corrected chi connectivity index (χ2v) is 6.09. The number of fused-ring (bicyclic) bond motifs is 3. The zero-order valence-corrected chi connectivity index (χ0v) is 13.8. The second kappa shape index (κ2) is 6.39. The summed E-state index contributed by atoms with van der Waals surface area (Å²) in [6, 6.07) is 16.6. The fourth-order valence-corrected chi connectivity index (χ4v) is 3.30. The molecule has 25 heavy (non-hydrogen) atoms. The molecule has 6 nitrogen and oxygen atoms in total. The summed E-state index contributed by atoms with van der Waals surface area (Å²) in [4.78, 5) is 17.8. The van der Waals surface area contributed by atoms with Gasteiger partial charge >= 0.3 is 6.09 Å². The fraction of sp³-hybridized carbons (Fsp3) is 0.211. The van der Waals surface area contributed by atoms with E-state index >= 15 is 0 Å². The Balaban J connectivity index is 1.48. The van der Waals surface area contributed by atoms with Gasteiger partial charge in [0.2, 0.25) is 0 Å². The van der Waals surface area contributed by atoms with E-state index in [1.807, 2.05) is 24.3 Å². The Labute approximate surface area is 145 Å². The number of hydrogen-bond acceptors (Lipinski definition) is 4. The molecule has 1 amide bonds. The van der Waals surface area contributed by atoms with E-state index in [-0.39, 0.29) is 12.0 Å². The van der Waals surface area contributed by atoms with Gasteiger partial charge in [-0.3, -0.25) is 5.10 Å². The average Bonchev–Trinajstić information content (AvgIpc) is 3.26. The quantitative estimate of drug-likeness (QED) is 0.795. The molecule has 1 heterocycles. The SMILES string of the molecule is CN(Cc1ncn[nH]1)C(=O)OCC1c2ccccc2-c2ccccc21. The molecule has 0 saturated carbocycles. The van der Waals surface area contributed by atoms with Crippen LogP contribution in [0.15, 0.2) is 54.9 Å². The summed E-state index contributed by atoms with van der Waals surface area (Å²) >= 11 is 0. The van der Waals surface area contributed by atoms with Crippen LogP contribution in [0.3, 0.4) is 0 Å². The highest BCUT2D eigenvalue weighted by molar-refractivity contribution is 5.79. The molecule has 0 radical (unpaired) electrons. The lowest BCUT2D eigenvalue weighted by Gasteiger charge is -2.18. The number of amides is 1. The fourth-order valence-electron chi connectivity index (χ4n) is 3.30. The molecule has 6 heteroatoms. The normalized spacial score (nSPS) is 12.5. The van der Waals surface area contributed by atoms with Crippen LogP contribution in [-0.4, -0.2) is 39.8 Å².